The fraction of sp³-hybridized carbons (Fsp3) is 0.294. The lowest BCUT2D eigenvalue weighted by atomic mass is 10.3. The molecule has 1 heterocycles. The standard InChI is InChI=1S/C17H19F3N4O2/c1-2-21-17(22-8-7-11-4-3-9-26-11)23-10-14(25)24-13-6-5-12(18)15(19)16(13)20/h3-6,9H,2,7-8,10H2,1H3,(H,24,25)(H2,21,22,23). The number of anilines is 1. The summed E-state index contributed by atoms with van der Waals surface area (Å²) in [5.41, 5.74) is -0.445. The first-order valence-corrected chi connectivity index (χ1v) is 7.99. The SMILES string of the molecule is CCNC(=NCC(=O)Nc1ccc(F)c(F)c1F)NCCc1ccco1. The van der Waals surface area contributed by atoms with E-state index in [4.69, 9.17) is 4.42 Å². The second-order valence-corrected chi connectivity index (χ2v) is 5.22. The molecular weight excluding hydrogens is 349 g/mol. The maximum absolute atomic E-state index is 13.5. The molecule has 0 saturated heterocycles. The molecule has 3 N–H and O–H groups in total. The number of guanidine groups is 1. The number of rotatable bonds is 7. The quantitative estimate of drug-likeness (QED) is 0.399. The van der Waals surface area contributed by atoms with Gasteiger partial charge in [0.2, 0.25) is 5.91 Å². The molecule has 0 atom stereocenters. The molecule has 2 rings (SSSR count). The van der Waals surface area contributed by atoms with Crippen LogP contribution in [0.2, 0.25) is 0 Å². The van der Waals surface area contributed by atoms with Gasteiger partial charge in [-0.15, -0.1) is 0 Å². The summed E-state index contributed by atoms with van der Waals surface area (Å²) in [5, 5.41) is 8.13. The van der Waals surface area contributed by atoms with E-state index in [0.717, 1.165) is 17.9 Å². The Bertz CT molecular complexity index is 764. The minimum absolute atomic E-state index is 0.325. The van der Waals surface area contributed by atoms with Crippen molar-refractivity contribution in [2.75, 3.05) is 25.0 Å². The number of benzene rings is 1. The number of aliphatic imine (C=N–C) groups is 1. The average Bonchev–Trinajstić information content (AvgIpc) is 3.13. The van der Waals surface area contributed by atoms with Crippen LogP contribution in [0, 0.1) is 17.5 Å². The molecule has 0 aliphatic carbocycles. The Morgan fingerprint density at radius 1 is 1.15 bits per heavy atom. The minimum atomic E-state index is -1.64. The molecule has 2 aromatic rings. The summed E-state index contributed by atoms with van der Waals surface area (Å²) in [6.07, 6.45) is 2.21. The van der Waals surface area contributed by atoms with E-state index in [1.54, 1.807) is 12.3 Å². The largest absolute Gasteiger partial charge is 0.469 e. The Balaban J connectivity index is 1.89. The molecule has 9 heteroatoms. The van der Waals surface area contributed by atoms with E-state index in [2.05, 4.69) is 20.9 Å². The van der Waals surface area contributed by atoms with Crippen molar-refractivity contribution in [1.29, 1.82) is 0 Å². The Labute approximate surface area is 148 Å². The number of nitrogens with one attached hydrogen (secondary N) is 3. The first kappa shape index (κ1) is 19.4. The third kappa shape index (κ3) is 5.54. The lowest BCUT2D eigenvalue weighted by Gasteiger charge is -2.11. The second kappa shape index (κ2) is 9.50. The van der Waals surface area contributed by atoms with Gasteiger partial charge in [-0.05, 0) is 31.2 Å². The van der Waals surface area contributed by atoms with Gasteiger partial charge < -0.3 is 20.4 Å². The highest BCUT2D eigenvalue weighted by molar-refractivity contribution is 5.94. The predicted octanol–water partition coefficient (Wildman–Crippen LogP) is 2.43. The van der Waals surface area contributed by atoms with E-state index in [1.807, 2.05) is 13.0 Å². The number of carbonyl (C=O) groups is 1. The molecule has 0 radical (unpaired) electrons. The van der Waals surface area contributed by atoms with Gasteiger partial charge in [0.05, 0.1) is 12.0 Å². The van der Waals surface area contributed by atoms with Crippen molar-refractivity contribution >= 4 is 17.6 Å². The van der Waals surface area contributed by atoms with Gasteiger partial charge in [0.15, 0.2) is 23.4 Å². The molecule has 0 spiro atoms. The first-order chi connectivity index (χ1) is 12.5. The van der Waals surface area contributed by atoms with E-state index in [1.165, 1.54) is 0 Å². The van der Waals surface area contributed by atoms with Crippen LogP contribution in [0.1, 0.15) is 12.7 Å². The van der Waals surface area contributed by atoms with Gasteiger partial charge in [0.25, 0.3) is 0 Å². The van der Waals surface area contributed by atoms with Crippen LogP contribution < -0.4 is 16.0 Å². The highest BCUT2D eigenvalue weighted by atomic mass is 19.2. The fourth-order valence-electron chi connectivity index (χ4n) is 2.06. The number of hydrogen-bond acceptors (Lipinski definition) is 3. The lowest BCUT2D eigenvalue weighted by molar-refractivity contribution is -0.114. The highest BCUT2D eigenvalue weighted by Gasteiger charge is 2.15. The van der Waals surface area contributed by atoms with E-state index >= 15 is 0 Å². The lowest BCUT2D eigenvalue weighted by Crippen LogP contribution is -2.39. The molecule has 0 fully saturated rings. The maximum Gasteiger partial charge on any atom is 0.246 e. The van der Waals surface area contributed by atoms with Crippen LogP contribution >= 0.6 is 0 Å². The summed E-state index contributed by atoms with van der Waals surface area (Å²) in [6.45, 7) is 2.64. The van der Waals surface area contributed by atoms with Gasteiger partial charge in [-0.3, -0.25) is 4.79 Å². The zero-order chi connectivity index (χ0) is 18.9. The third-order valence-electron chi connectivity index (χ3n) is 3.28. The van der Waals surface area contributed by atoms with Gasteiger partial charge in [-0.2, -0.15) is 0 Å². The van der Waals surface area contributed by atoms with Crippen molar-refractivity contribution < 1.29 is 22.4 Å². The Kier molecular flexibility index (Phi) is 7.07. The highest BCUT2D eigenvalue weighted by Crippen LogP contribution is 2.19. The molecule has 1 aromatic carbocycles. The molecule has 26 heavy (non-hydrogen) atoms. The third-order valence-corrected chi connectivity index (χ3v) is 3.28. The average molecular weight is 368 g/mol. The Morgan fingerprint density at radius 3 is 2.65 bits per heavy atom. The first-order valence-electron chi connectivity index (χ1n) is 7.99. The van der Waals surface area contributed by atoms with Crippen LogP contribution in [0.5, 0.6) is 0 Å². The number of carbonyl (C=O) groups excluding carboxylic acids is 1. The van der Waals surface area contributed by atoms with Crippen molar-refractivity contribution in [2.45, 2.75) is 13.3 Å². The van der Waals surface area contributed by atoms with Gasteiger partial charge >= 0.3 is 0 Å². The summed E-state index contributed by atoms with van der Waals surface area (Å²) in [5.74, 6) is -3.89. The molecular formula is C17H19F3N4O2. The summed E-state index contributed by atoms with van der Waals surface area (Å²) >= 11 is 0. The zero-order valence-corrected chi connectivity index (χ0v) is 14.1. The van der Waals surface area contributed by atoms with E-state index in [9.17, 15) is 18.0 Å². The second-order valence-electron chi connectivity index (χ2n) is 5.22. The zero-order valence-electron chi connectivity index (χ0n) is 14.1. The molecule has 6 nitrogen and oxygen atoms in total. The Morgan fingerprint density at radius 2 is 1.96 bits per heavy atom. The van der Waals surface area contributed by atoms with Gasteiger partial charge in [-0.1, -0.05) is 0 Å². The monoisotopic (exact) mass is 368 g/mol. The van der Waals surface area contributed by atoms with Crippen molar-refractivity contribution in [2.24, 2.45) is 4.99 Å². The van der Waals surface area contributed by atoms with Crippen LogP contribution in [0.4, 0.5) is 18.9 Å². The molecule has 0 saturated carbocycles. The molecule has 0 aliphatic rings. The van der Waals surface area contributed by atoms with E-state index in [0.29, 0.717) is 25.5 Å². The molecule has 0 bridgehead atoms. The van der Waals surface area contributed by atoms with Crippen LogP contribution in [0.25, 0.3) is 0 Å². The Hall–Kier alpha value is -2.97. The van der Waals surface area contributed by atoms with Crippen molar-refractivity contribution in [1.82, 2.24) is 10.6 Å². The predicted molar refractivity (Wildman–Crippen MR) is 91.3 cm³/mol. The minimum Gasteiger partial charge on any atom is -0.469 e. The van der Waals surface area contributed by atoms with Gasteiger partial charge in [-0.25, -0.2) is 18.2 Å². The van der Waals surface area contributed by atoms with Crippen molar-refractivity contribution in [3.05, 3.63) is 53.7 Å². The number of furan rings is 1. The van der Waals surface area contributed by atoms with Crippen molar-refractivity contribution in [3.8, 4) is 0 Å². The summed E-state index contributed by atoms with van der Waals surface area (Å²) in [7, 11) is 0. The number of nitrogens with zero attached hydrogens (tertiary/aromatic N) is 1. The number of halogens is 3. The molecule has 1 aromatic heterocycles. The maximum atomic E-state index is 13.5. The normalized spacial score (nSPS) is 11.3. The van der Waals surface area contributed by atoms with E-state index < -0.39 is 29.0 Å². The fourth-order valence-corrected chi connectivity index (χ4v) is 2.06. The summed E-state index contributed by atoms with van der Waals surface area (Å²) in [6, 6.07) is 5.31. The topological polar surface area (TPSA) is 78.7 Å². The van der Waals surface area contributed by atoms with Crippen molar-refractivity contribution in [3.63, 3.8) is 0 Å². The van der Waals surface area contributed by atoms with Crippen LogP contribution in [-0.4, -0.2) is 31.5 Å². The smallest absolute Gasteiger partial charge is 0.246 e. The summed E-state index contributed by atoms with van der Waals surface area (Å²) in [4.78, 5) is 15.9. The molecule has 140 valence electrons. The van der Waals surface area contributed by atoms with Crippen LogP contribution in [0.15, 0.2) is 39.9 Å². The number of amides is 1. The van der Waals surface area contributed by atoms with Crippen LogP contribution in [-0.2, 0) is 11.2 Å². The van der Waals surface area contributed by atoms with Crippen LogP contribution in [0.3, 0.4) is 0 Å². The number of hydrogen-bond donors (Lipinski definition) is 3. The van der Waals surface area contributed by atoms with Gasteiger partial charge in [0.1, 0.15) is 12.3 Å². The molecule has 1 amide bonds. The summed E-state index contributed by atoms with van der Waals surface area (Å²) < 4.78 is 44.8. The van der Waals surface area contributed by atoms with Gasteiger partial charge in [0, 0.05) is 19.5 Å². The molecule has 0 unspecified atom stereocenters. The van der Waals surface area contributed by atoms with E-state index in [-0.39, 0.29) is 6.54 Å². The molecule has 0 aliphatic heterocycles.